The predicted octanol–water partition coefficient (Wildman–Crippen LogP) is 5.41. The second kappa shape index (κ2) is 10.0. The molecule has 0 amide bonds. The number of nitrogens with zero attached hydrogens (tertiary/aromatic N) is 5. The molecule has 6 nitrogen and oxygen atoms in total. The number of anilines is 1. The first-order valence-corrected chi connectivity index (χ1v) is 13.0. The first-order chi connectivity index (χ1) is 17.4. The normalized spacial score (nSPS) is 14.0. The topological polar surface area (TPSA) is 49.2 Å². The van der Waals surface area contributed by atoms with Crippen LogP contribution in [0.25, 0.3) is 27.8 Å². The van der Waals surface area contributed by atoms with Crippen LogP contribution in [0.15, 0.2) is 60.7 Å². The van der Waals surface area contributed by atoms with Crippen molar-refractivity contribution in [3.8, 4) is 16.8 Å². The van der Waals surface area contributed by atoms with Gasteiger partial charge in [0.1, 0.15) is 5.52 Å². The van der Waals surface area contributed by atoms with Crippen molar-refractivity contribution in [3.05, 3.63) is 71.8 Å². The summed E-state index contributed by atoms with van der Waals surface area (Å²) in [6.07, 6.45) is 4.53. The molecular formula is C30H38N6. The maximum atomic E-state index is 4.53. The van der Waals surface area contributed by atoms with Crippen LogP contribution in [-0.4, -0.2) is 73.1 Å². The van der Waals surface area contributed by atoms with E-state index < -0.39 is 0 Å². The van der Waals surface area contributed by atoms with Gasteiger partial charge in [-0.1, -0.05) is 29.5 Å². The van der Waals surface area contributed by atoms with Crippen molar-refractivity contribution < 1.29 is 0 Å². The van der Waals surface area contributed by atoms with Crippen molar-refractivity contribution in [1.29, 1.82) is 0 Å². The zero-order valence-corrected chi connectivity index (χ0v) is 22.3. The molecule has 0 bridgehead atoms. The van der Waals surface area contributed by atoms with Crippen molar-refractivity contribution in [3.63, 3.8) is 0 Å². The quantitative estimate of drug-likeness (QED) is 0.327. The number of hydrogen-bond acceptors (Lipinski definition) is 5. The van der Waals surface area contributed by atoms with Crippen molar-refractivity contribution >= 4 is 16.7 Å². The van der Waals surface area contributed by atoms with Crippen LogP contribution in [0.4, 0.5) is 5.69 Å². The predicted molar refractivity (Wildman–Crippen MR) is 150 cm³/mol. The Labute approximate surface area is 214 Å². The van der Waals surface area contributed by atoms with E-state index in [0.29, 0.717) is 0 Å². The van der Waals surface area contributed by atoms with E-state index in [1.165, 1.54) is 27.9 Å². The van der Waals surface area contributed by atoms with Gasteiger partial charge < -0.3 is 15.1 Å². The third kappa shape index (κ3) is 4.40. The van der Waals surface area contributed by atoms with E-state index in [4.69, 9.17) is 0 Å². The molecular weight excluding hydrogens is 444 g/mol. The number of fused-ring (bicyclic) bond motifs is 4. The van der Waals surface area contributed by atoms with E-state index in [2.05, 4.69) is 102 Å². The molecule has 1 aliphatic carbocycles. The average molecular weight is 483 g/mol. The summed E-state index contributed by atoms with van der Waals surface area (Å²) in [7, 11) is 10.7. The van der Waals surface area contributed by atoms with Crippen LogP contribution in [0.2, 0.25) is 0 Å². The van der Waals surface area contributed by atoms with Crippen LogP contribution in [0, 0.1) is 0 Å². The van der Waals surface area contributed by atoms with Gasteiger partial charge in [-0.25, -0.2) is 4.68 Å². The highest BCUT2D eigenvalue weighted by molar-refractivity contribution is 5.84. The summed E-state index contributed by atoms with van der Waals surface area (Å²) in [4.78, 5) is 4.60. The van der Waals surface area contributed by atoms with E-state index in [1.807, 2.05) is 23.9 Å². The van der Waals surface area contributed by atoms with Gasteiger partial charge in [0.2, 0.25) is 0 Å². The first kappa shape index (κ1) is 24.5. The van der Waals surface area contributed by atoms with E-state index in [9.17, 15) is 0 Å². The number of rotatable bonds is 10. The fourth-order valence-corrected chi connectivity index (χ4v) is 5.89. The lowest BCUT2D eigenvalue weighted by Gasteiger charge is -2.34. The highest BCUT2D eigenvalue weighted by atomic mass is 15.4. The summed E-state index contributed by atoms with van der Waals surface area (Å²) in [6, 6.07) is 22.0. The van der Waals surface area contributed by atoms with Crippen LogP contribution in [-0.2, 0) is 5.41 Å². The van der Waals surface area contributed by atoms with Crippen LogP contribution in [0.3, 0.4) is 0 Å². The average Bonchev–Trinajstić information content (AvgIpc) is 3.41. The van der Waals surface area contributed by atoms with E-state index in [-0.39, 0.29) is 5.41 Å². The van der Waals surface area contributed by atoms with Crippen molar-refractivity contribution in [2.45, 2.75) is 31.1 Å². The van der Waals surface area contributed by atoms with Gasteiger partial charge in [-0.3, -0.25) is 0 Å². The van der Waals surface area contributed by atoms with Gasteiger partial charge in [-0.05, 0) is 126 Å². The summed E-state index contributed by atoms with van der Waals surface area (Å²) in [5.74, 6) is 0. The first-order valence-electron chi connectivity index (χ1n) is 13.0. The third-order valence-electron chi connectivity index (χ3n) is 7.65. The maximum Gasteiger partial charge on any atom is 0.113 e. The molecule has 5 rings (SSSR count). The molecule has 0 atom stereocenters. The maximum absolute atomic E-state index is 4.53. The molecule has 36 heavy (non-hydrogen) atoms. The summed E-state index contributed by atoms with van der Waals surface area (Å²) < 4.78 is 1.99. The minimum atomic E-state index is -0.0318. The Hall–Kier alpha value is -3.22. The molecule has 0 spiro atoms. The zero-order valence-electron chi connectivity index (χ0n) is 22.3. The van der Waals surface area contributed by atoms with Gasteiger partial charge in [-0.15, -0.1) is 5.10 Å². The highest BCUT2D eigenvalue weighted by Crippen LogP contribution is 2.54. The molecule has 3 aromatic carbocycles. The van der Waals surface area contributed by atoms with E-state index in [0.717, 1.165) is 55.5 Å². The Morgan fingerprint density at radius 3 is 2.11 bits per heavy atom. The van der Waals surface area contributed by atoms with Crippen LogP contribution in [0.1, 0.15) is 36.8 Å². The molecule has 0 saturated carbocycles. The monoisotopic (exact) mass is 482 g/mol. The molecule has 1 aromatic heterocycles. The van der Waals surface area contributed by atoms with Gasteiger partial charge in [0.15, 0.2) is 0 Å². The molecule has 1 N–H and O–H groups in total. The van der Waals surface area contributed by atoms with Gasteiger partial charge >= 0.3 is 0 Å². The third-order valence-corrected chi connectivity index (χ3v) is 7.65. The number of para-hydroxylation sites is 1. The van der Waals surface area contributed by atoms with E-state index >= 15 is 0 Å². The number of hydrogen-bond donors (Lipinski definition) is 1. The highest BCUT2D eigenvalue weighted by Gasteiger charge is 2.42. The second-order valence-corrected chi connectivity index (χ2v) is 10.6. The number of aromatic nitrogens is 3. The molecule has 0 aliphatic heterocycles. The lowest BCUT2D eigenvalue weighted by atomic mass is 9.71. The summed E-state index contributed by atoms with van der Waals surface area (Å²) >= 11 is 0. The van der Waals surface area contributed by atoms with Crippen LogP contribution < -0.4 is 5.32 Å². The number of benzene rings is 3. The molecule has 188 valence electrons. The molecule has 0 saturated heterocycles. The van der Waals surface area contributed by atoms with Crippen molar-refractivity contribution in [2.75, 3.05) is 53.6 Å². The minimum absolute atomic E-state index is 0.0318. The molecule has 6 heteroatoms. The second-order valence-electron chi connectivity index (χ2n) is 10.6. The Bertz CT molecular complexity index is 1340. The smallest absolute Gasteiger partial charge is 0.113 e. The minimum Gasteiger partial charge on any atom is -0.388 e. The Kier molecular flexibility index (Phi) is 6.82. The SMILES string of the molecule is CNc1ccc2c(c1)C(CCCN(C)C)(CCCN(C)C)c1cc(-n3nnc4ccccc43)ccc1-2. The van der Waals surface area contributed by atoms with Gasteiger partial charge in [0, 0.05) is 18.2 Å². The molecule has 4 aromatic rings. The Balaban J connectivity index is 1.67. The Morgan fingerprint density at radius 1 is 0.806 bits per heavy atom. The van der Waals surface area contributed by atoms with Gasteiger partial charge in [-0.2, -0.15) is 0 Å². The molecule has 1 aliphatic rings. The fourth-order valence-electron chi connectivity index (χ4n) is 5.89. The van der Waals surface area contributed by atoms with Crippen molar-refractivity contribution in [1.82, 2.24) is 24.8 Å². The fraction of sp³-hybridized carbons (Fsp3) is 0.400. The molecule has 0 fully saturated rings. The van der Waals surface area contributed by atoms with Gasteiger partial charge in [0.25, 0.3) is 0 Å². The lowest BCUT2D eigenvalue weighted by Crippen LogP contribution is -2.29. The summed E-state index contributed by atoms with van der Waals surface area (Å²) in [5, 5.41) is 12.3. The summed E-state index contributed by atoms with van der Waals surface area (Å²) in [6.45, 7) is 2.17. The molecule has 1 heterocycles. The van der Waals surface area contributed by atoms with E-state index in [1.54, 1.807) is 0 Å². The molecule has 0 radical (unpaired) electrons. The van der Waals surface area contributed by atoms with Crippen LogP contribution in [0.5, 0.6) is 0 Å². The number of nitrogens with one attached hydrogen (secondary N) is 1. The Morgan fingerprint density at radius 2 is 1.44 bits per heavy atom. The standard InChI is InChI=1S/C30H38N6/c1-31-22-12-14-24-25-15-13-23(36-29-11-7-6-10-28(29)32-33-36)21-27(25)30(26(24)20-22,16-8-18-34(2)3)17-9-19-35(4)5/h6-7,10-15,20-21,31H,8-9,16-19H2,1-5H3. The molecule has 0 unspecified atom stereocenters. The zero-order chi connectivity index (χ0) is 25.3. The van der Waals surface area contributed by atoms with Gasteiger partial charge in [0.05, 0.1) is 11.2 Å². The summed E-state index contributed by atoms with van der Waals surface area (Å²) in [5.41, 5.74) is 9.80. The largest absolute Gasteiger partial charge is 0.388 e. The lowest BCUT2D eigenvalue weighted by molar-refractivity contribution is 0.328. The van der Waals surface area contributed by atoms with Crippen molar-refractivity contribution in [2.24, 2.45) is 0 Å². The van der Waals surface area contributed by atoms with Crippen LogP contribution >= 0.6 is 0 Å².